The highest BCUT2D eigenvalue weighted by Gasteiger charge is 2.03. The average Bonchev–Trinajstić information content (AvgIpc) is 2.16. The zero-order valence-corrected chi connectivity index (χ0v) is 9.38. The van der Waals surface area contributed by atoms with Crippen molar-refractivity contribution in [1.29, 1.82) is 0 Å². The number of alkyl halides is 2. The molecule has 0 saturated heterocycles. The molecule has 0 aliphatic carbocycles. The molecule has 1 unspecified atom stereocenters. The normalized spacial score (nSPS) is 12.9. The molecule has 4 heteroatoms. The van der Waals surface area contributed by atoms with E-state index in [1.165, 1.54) is 0 Å². The second-order valence-electron chi connectivity index (χ2n) is 3.41. The van der Waals surface area contributed by atoms with Crippen LogP contribution in [0.15, 0.2) is 24.3 Å². The van der Waals surface area contributed by atoms with Crippen molar-refractivity contribution in [2.75, 3.05) is 0 Å². The van der Waals surface area contributed by atoms with Crippen LogP contribution in [0.1, 0.15) is 18.9 Å². The van der Waals surface area contributed by atoms with Crippen LogP contribution in [0.3, 0.4) is 0 Å². The number of thiol groups is 1. The molecule has 0 aromatic heterocycles. The topological polar surface area (TPSA) is 9.23 Å². The molecular formula is C11H14F2OS. The number of halogens is 2. The van der Waals surface area contributed by atoms with E-state index in [1.807, 2.05) is 6.92 Å². The SMILES string of the molecule is CC(S)CCc1ccc(OC(F)F)cc1. The number of benzene rings is 1. The van der Waals surface area contributed by atoms with Crippen LogP contribution in [0.2, 0.25) is 0 Å². The zero-order valence-electron chi connectivity index (χ0n) is 8.49. The molecular weight excluding hydrogens is 218 g/mol. The lowest BCUT2D eigenvalue weighted by molar-refractivity contribution is -0.0498. The lowest BCUT2D eigenvalue weighted by atomic mass is 10.1. The van der Waals surface area contributed by atoms with Gasteiger partial charge in [0.05, 0.1) is 0 Å². The number of aryl methyl sites for hydroxylation is 1. The first-order chi connectivity index (χ1) is 7.08. The van der Waals surface area contributed by atoms with Crippen LogP contribution < -0.4 is 4.74 Å². The number of hydrogen-bond donors (Lipinski definition) is 1. The molecule has 0 fully saturated rings. The summed E-state index contributed by atoms with van der Waals surface area (Å²) in [7, 11) is 0. The number of ether oxygens (including phenoxy) is 1. The number of hydrogen-bond acceptors (Lipinski definition) is 2. The third-order valence-corrected chi connectivity index (χ3v) is 2.26. The lowest BCUT2D eigenvalue weighted by Crippen LogP contribution is -2.01. The summed E-state index contributed by atoms with van der Waals surface area (Å²) in [4.78, 5) is 0. The van der Waals surface area contributed by atoms with Gasteiger partial charge in [0.2, 0.25) is 0 Å². The van der Waals surface area contributed by atoms with Crippen LogP contribution in [0, 0.1) is 0 Å². The van der Waals surface area contributed by atoms with Gasteiger partial charge in [0.15, 0.2) is 0 Å². The molecule has 1 aromatic rings. The third kappa shape index (κ3) is 5.02. The standard InChI is InChI=1S/C11H14F2OS/c1-8(15)2-3-9-4-6-10(7-5-9)14-11(12)13/h4-8,11,15H,2-3H2,1H3. The molecule has 0 radical (unpaired) electrons. The monoisotopic (exact) mass is 232 g/mol. The lowest BCUT2D eigenvalue weighted by Gasteiger charge is -2.06. The Morgan fingerprint density at radius 1 is 1.27 bits per heavy atom. The second-order valence-corrected chi connectivity index (χ2v) is 4.29. The quantitative estimate of drug-likeness (QED) is 0.764. The molecule has 0 saturated carbocycles. The van der Waals surface area contributed by atoms with Crippen LogP contribution in [-0.2, 0) is 6.42 Å². The maximum absolute atomic E-state index is 11.8. The molecule has 0 aliphatic rings. The van der Waals surface area contributed by atoms with Crippen LogP contribution in [-0.4, -0.2) is 11.9 Å². The summed E-state index contributed by atoms with van der Waals surface area (Å²) in [6.45, 7) is -0.731. The Morgan fingerprint density at radius 2 is 1.87 bits per heavy atom. The van der Waals surface area contributed by atoms with Crippen molar-refractivity contribution >= 4 is 12.6 Å². The Bertz CT molecular complexity index is 285. The summed E-state index contributed by atoms with van der Waals surface area (Å²) in [5.74, 6) is 0.202. The van der Waals surface area contributed by atoms with E-state index in [-0.39, 0.29) is 5.75 Å². The van der Waals surface area contributed by atoms with Gasteiger partial charge in [0.25, 0.3) is 0 Å². The minimum atomic E-state index is -2.76. The van der Waals surface area contributed by atoms with Gasteiger partial charge >= 0.3 is 6.61 Å². The molecule has 84 valence electrons. The Kier molecular flexibility index (Phi) is 4.88. The van der Waals surface area contributed by atoms with Crippen molar-refractivity contribution in [3.05, 3.63) is 29.8 Å². The van der Waals surface area contributed by atoms with Gasteiger partial charge in [-0.3, -0.25) is 0 Å². The van der Waals surface area contributed by atoms with Crippen LogP contribution in [0.5, 0.6) is 5.75 Å². The van der Waals surface area contributed by atoms with E-state index in [4.69, 9.17) is 0 Å². The van der Waals surface area contributed by atoms with Crippen LogP contribution >= 0.6 is 12.6 Å². The van der Waals surface area contributed by atoms with Crippen molar-refractivity contribution in [2.45, 2.75) is 31.6 Å². The molecule has 0 heterocycles. The number of rotatable bonds is 5. The predicted octanol–water partition coefficient (Wildman–Crippen LogP) is 3.54. The summed E-state index contributed by atoms with van der Waals surface area (Å²) >= 11 is 4.27. The van der Waals surface area contributed by atoms with Gasteiger partial charge in [-0.1, -0.05) is 19.1 Å². The summed E-state index contributed by atoms with van der Waals surface area (Å²) in [5, 5.41) is 0.349. The highest BCUT2D eigenvalue weighted by molar-refractivity contribution is 7.80. The second kappa shape index (κ2) is 5.95. The van der Waals surface area contributed by atoms with E-state index in [1.54, 1.807) is 24.3 Å². The van der Waals surface area contributed by atoms with Crippen molar-refractivity contribution in [2.24, 2.45) is 0 Å². The Labute approximate surface area is 93.9 Å². The molecule has 1 rings (SSSR count). The van der Waals surface area contributed by atoms with Gasteiger partial charge in [-0.05, 0) is 35.8 Å². The maximum Gasteiger partial charge on any atom is 0.387 e. The molecule has 1 atom stereocenters. The fourth-order valence-electron chi connectivity index (χ4n) is 1.21. The van der Waals surface area contributed by atoms with Crippen molar-refractivity contribution in [1.82, 2.24) is 0 Å². The maximum atomic E-state index is 11.8. The smallest absolute Gasteiger partial charge is 0.387 e. The van der Waals surface area contributed by atoms with Gasteiger partial charge in [0, 0.05) is 0 Å². The van der Waals surface area contributed by atoms with Crippen LogP contribution in [0.4, 0.5) is 8.78 Å². The van der Waals surface area contributed by atoms with Gasteiger partial charge in [-0.25, -0.2) is 0 Å². The molecule has 0 bridgehead atoms. The van der Waals surface area contributed by atoms with Gasteiger partial charge < -0.3 is 4.74 Å². The van der Waals surface area contributed by atoms with E-state index in [0.717, 1.165) is 18.4 Å². The Balaban J connectivity index is 2.49. The zero-order chi connectivity index (χ0) is 11.3. The highest BCUT2D eigenvalue weighted by atomic mass is 32.1. The predicted molar refractivity (Wildman–Crippen MR) is 59.8 cm³/mol. The minimum absolute atomic E-state index is 0.202. The van der Waals surface area contributed by atoms with Crippen molar-refractivity contribution in [3.63, 3.8) is 0 Å². The Morgan fingerprint density at radius 3 is 2.33 bits per heavy atom. The largest absolute Gasteiger partial charge is 0.435 e. The van der Waals surface area contributed by atoms with Gasteiger partial charge in [-0.15, -0.1) is 0 Å². The first-order valence-electron chi connectivity index (χ1n) is 4.79. The summed E-state index contributed by atoms with van der Waals surface area (Å²) < 4.78 is 27.9. The fourth-order valence-corrected chi connectivity index (χ4v) is 1.34. The Hall–Kier alpha value is -0.770. The average molecular weight is 232 g/mol. The molecule has 0 aliphatic heterocycles. The van der Waals surface area contributed by atoms with E-state index in [9.17, 15) is 8.78 Å². The molecule has 15 heavy (non-hydrogen) atoms. The molecule has 0 N–H and O–H groups in total. The van der Waals surface area contributed by atoms with Crippen LogP contribution in [0.25, 0.3) is 0 Å². The summed E-state index contributed by atoms with van der Waals surface area (Å²) in [6, 6.07) is 6.72. The van der Waals surface area contributed by atoms with Gasteiger partial charge in [-0.2, -0.15) is 21.4 Å². The minimum Gasteiger partial charge on any atom is -0.435 e. The fraction of sp³-hybridized carbons (Fsp3) is 0.455. The first-order valence-corrected chi connectivity index (χ1v) is 5.31. The van der Waals surface area contributed by atoms with E-state index in [0.29, 0.717) is 5.25 Å². The summed E-state index contributed by atoms with van der Waals surface area (Å²) in [5.41, 5.74) is 1.11. The molecule has 1 aromatic carbocycles. The van der Waals surface area contributed by atoms with E-state index < -0.39 is 6.61 Å². The van der Waals surface area contributed by atoms with Crippen molar-refractivity contribution < 1.29 is 13.5 Å². The van der Waals surface area contributed by atoms with E-state index in [2.05, 4.69) is 17.4 Å². The third-order valence-electron chi connectivity index (χ3n) is 2.00. The molecule has 0 amide bonds. The first kappa shape index (κ1) is 12.3. The molecule has 1 nitrogen and oxygen atoms in total. The van der Waals surface area contributed by atoms with E-state index >= 15 is 0 Å². The summed E-state index contributed by atoms with van der Waals surface area (Å²) in [6.07, 6.45) is 1.87. The van der Waals surface area contributed by atoms with Gasteiger partial charge in [0.1, 0.15) is 5.75 Å². The molecule has 0 spiro atoms. The van der Waals surface area contributed by atoms with Crippen molar-refractivity contribution in [3.8, 4) is 5.75 Å². The highest BCUT2D eigenvalue weighted by Crippen LogP contribution is 2.16.